The normalized spacial score (nSPS) is 11.5. The zero-order valence-electron chi connectivity index (χ0n) is 17.8. The van der Waals surface area contributed by atoms with Crippen molar-refractivity contribution in [3.8, 4) is 0 Å². The highest BCUT2D eigenvalue weighted by Crippen LogP contribution is 2.58. The van der Waals surface area contributed by atoms with Gasteiger partial charge >= 0.3 is 5.97 Å². The van der Waals surface area contributed by atoms with E-state index >= 15 is 0 Å². The topological polar surface area (TPSA) is 39.4 Å². The molecule has 3 aromatic carbocycles. The van der Waals surface area contributed by atoms with Gasteiger partial charge in [-0.2, -0.15) is 0 Å². The fourth-order valence-electron chi connectivity index (χ4n) is 3.91. The van der Waals surface area contributed by atoms with Gasteiger partial charge in [0.1, 0.15) is 34.9 Å². The Morgan fingerprint density at radius 1 is 0.774 bits per heavy atom. The number of ether oxygens (including phenoxy) is 1. The molecule has 3 nitrogen and oxygen atoms in total. The third-order valence-electron chi connectivity index (χ3n) is 5.28. The molecule has 31 heavy (non-hydrogen) atoms. The van der Waals surface area contributed by atoms with Crippen LogP contribution in [0, 0.1) is 0 Å². The molecule has 4 rings (SSSR count). The summed E-state index contributed by atoms with van der Waals surface area (Å²) in [5.74, 6) is 0.321. The molecule has 0 spiro atoms. The molecule has 0 amide bonds. The van der Waals surface area contributed by atoms with Crippen LogP contribution in [0.15, 0.2) is 108 Å². The Morgan fingerprint density at radius 3 is 1.65 bits per heavy atom. The second kappa shape index (κ2) is 9.32. The molecule has 0 aliphatic heterocycles. The number of hydrogen-bond acceptors (Lipinski definition) is 3. The first-order valence-electron chi connectivity index (χ1n) is 10.4. The van der Waals surface area contributed by atoms with Crippen molar-refractivity contribution in [2.24, 2.45) is 0 Å². The van der Waals surface area contributed by atoms with Crippen LogP contribution >= 0.6 is 7.26 Å². The van der Waals surface area contributed by atoms with Crippen LogP contribution < -0.4 is 15.9 Å². The predicted octanol–water partition coefficient (Wildman–Crippen LogP) is 5.34. The lowest BCUT2D eigenvalue weighted by atomic mass is 10.2. The van der Waals surface area contributed by atoms with Gasteiger partial charge in [0.05, 0.1) is 12.4 Å². The van der Waals surface area contributed by atoms with E-state index in [1.165, 1.54) is 15.9 Å². The minimum Gasteiger partial charge on any atom is -0.464 e. The summed E-state index contributed by atoms with van der Waals surface area (Å²) in [6.07, 6.45) is 2.00. The van der Waals surface area contributed by atoms with Gasteiger partial charge in [-0.05, 0) is 56.3 Å². The molecule has 0 fully saturated rings. The predicted molar refractivity (Wildman–Crippen MR) is 128 cm³/mol. The van der Waals surface area contributed by atoms with E-state index in [2.05, 4.69) is 72.8 Å². The summed E-state index contributed by atoms with van der Waals surface area (Å²) in [6, 6.07) is 33.4. The second-order valence-corrected chi connectivity index (χ2v) is 11.2. The summed E-state index contributed by atoms with van der Waals surface area (Å²) in [4.78, 5) is 12.8. The molecule has 4 heteroatoms. The minimum absolute atomic E-state index is 0.188. The fourth-order valence-corrected chi connectivity index (χ4v) is 8.07. The molecule has 0 radical (unpaired) electrons. The van der Waals surface area contributed by atoms with Crippen molar-refractivity contribution in [1.29, 1.82) is 0 Å². The molecule has 4 aromatic rings. The molecule has 0 atom stereocenters. The molecule has 0 saturated carbocycles. The van der Waals surface area contributed by atoms with Gasteiger partial charge in [-0.1, -0.05) is 54.6 Å². The molecule has 1 heterocycles. The molecule has 0 aliphatic carbocycles. The first-order valence-corrected chi connectivity index (χ1v) is 12.4. The van der Waals surface area contributed by atoms with E-state index in [9.17, 15) is 4.79 Å². The standard InChI is InChI=1S/C27H26O3P/c1-21(2)30-27(28)25-18-19-29-26(25)20-31(22-12-6-3-7-13-22,23-14-8-4-9-15-23)24-16-10-5-11-17-24/h3-19,21H,20H2,1-2H3/q+1. The van der Waals surface area contributed by atoms with Crippen molar-refractivity contribution >= 4 is 29.1 Å². The first kappa shape index (κ1) is 21.1. The maximum absolute atomic E-state index is 12.8. The molecule has 1 aromatic heterocycles. The SMILES string of the molecule is CC(C)OC(=O)c1ccoc1C[P+](c1ccccc1)(c1ccccc1)c1ccccc1. The Labute approximate surface area is 184 Å². The van der Waals surface area contributed by atoms with Crippen molar-refractivity contribution in [2.75, 3.05) is 0 Å². The van der Waals surface area contributed by atoms with Gasteiger partial charge in [0, 0.05) is 0 Å². The molecule has 0 N–H and O–H groups in total. The largest absolute Gasteiger partial charge is 0.464 e. The van der Waals surface area contributed by atoms with Crippen LogP contribution in [0.5, 0.6) is 0 Å². The smallest absolute Gasteiger partial charge is 0.342 e. The number of furan rings is 1. The van der Waals surface area contributed by atoms with E-state index in [1.807, 2.05) is 32.0 Å². The van der Waals surface area contributed by atoms with E-state index in [1.54, 1.807) is 12.3 Å². The number of benzene rings is 3. The zero-order valence-corrected chi connectivity index (χ0v) is 18.7. The lowest BCUT2D eigenvalue weighted by Crippen LogP contribution is -2.32. The number of rotatable bonds is 7. The molecule has 0 saturated heterocycles. The van der Waals surface area contributed by atoms with Gasteiger partial charge in [0.15, 0.2) is 5.76 Å². The molecule has 0 bridgehead atoms. The summed E-state index contributed by atoms with van der Waals surface area (Å²) >= 11 is 0. The van der Waals surface area contributed by atoms with E-state index in [0.717, 1.165) is 0 Å². The van der Waals surface area contributed by atoms with E-state index in [4.69, 9.17) is 9.15 Å². The van der Waals surface area contributed by atoms with Gasteiger partial charge in [-0.15, -0.1) is 0 Å². The van der Waals surface area contributed by atoms with Gasteiger partial charge in [0.2, 0.25) is 0 Å². The van der Waals surface area contributed by atoms with E-state index in [-0.39, 0.29) is 12.1 Å². The Balaban J connectivity index is 1.93. The third kappa shape index (κ3) is 4.33. The number of esters is 1. The average Bonchev–Trinajstić information content (AvgIpc) is 3.27. The van der Waals surface area contributed by atoms with Crippen LogP contribution in [0.3, 0.4) is 0 Å². The van der Waals surface area contributed by atoms with E-state index in [0.29, 0.717) is 17.5 Å². The zero-order chi connectivity index (χ0) is 21.7. The third-order valence-corrected chi connectivity index (χ3v) is 9.58. The van der Waals surface area contributed by atoms with Gasteiger partial charge in [0.25, 0.3) is 0 Å². The highest BCUT2D eigenvalue weighted by Gasteiger charge is 2.47. The van der Waals surface area contributed by atoms with Crippen LogP contribution in [0.4, 0.5) is 0 Å². The fraction of sp³-hybridized carbons (Fsp3) is 0.148. The van der Waals surface area contributed by atoms with Crippen molar-refractivity contribution in [3.63, 3.8) is 0 Å². The van der Waals surface area contributed by atoms with Gasteiger partial charge in [-0.25, -0.2) is 4.79 Å². The lowest BCUT2D eigenvalue weighted by molar-refractivity contribution is 0.0376. The van der Waals surface area contributed by atoms with E-state index < -0.39 is 7.26 Å². The van der Waals surface area contributed by atoms with Crippen LogP contribution in [-0.4, -0.2) is 12.1 Å². The molecule has 0 unspecified atom stereocenters. The van der Waals surface area contributed by atoms with Crippen molar-refractivity contribution < 1.29 is 13.9 Å². The summed E-state index contributed by atoms with van der Waals surface area (Å²) < 4.78 is 11.4. The molecule has 156 valence electrons. The minimum atomic E-state index is -2.14. The van der Waals surface area contributed by atoms with Crippen molar-refractivity contribution in [1.82, 2.24) is 0 Å². The van der Waals surface area contributed by atoms with Crippen LogP contribution in [-0.2, 0) is 10.9 Å². The summed E-state index contributed by atoms with van der Waals surface area (Å²) in [7, 11) is -2.14. The summed E-state index contributed by atoms with van der Waals surface area (Å²) in [6.45, 7) is 3.71. The first-order chi connectivity index (χ1) is 15.1. The Kier molecular flexibility index (Phi) is 6.34. The lowest BCUT2D eigenvalue weighted by Gasteiger charge is -2.27. The second-order valence-electron chi connectivity index (χ2n) is 7.69. The molecule has 0 aliphatic rings. The Hall–Kier alpha value is -3.16. The number of carbonyl (C=O) groups excluding carboxylic acids is 1. The molecular formula is C27H26O3P+. The monoisotopic (exact) mass is 429 g/mol. The highest BCUT2D eigenvalue weighted by molar-refractivity contribution is 7.95. The van der Waals surface area contributed by atoms with Crippen LogP contribution in [0.1, 0.15) is 30.0 Å². The highest BCUT2D eigenvalue weighted by atomic mass is 31.2. The number of hydrogen-bond donors (Lipinski definition) is 0. The van der Waals surface area contributed by atoms with Crippen LogP contribution in [0.25, 0.3) is 0 Å². The maximum atomic E-state index is 12.8. The van der Waals surface area contributed by atoms with Crippen molar-refractivity contribution in [2.45, 2.75) is 26.1 Å². The Morgan fingerprint density at radius 2 is 1.23 bits per heavy atom. The average molecular weight is 429 g/mol. The van der Waals surface area contributed by atoms with Gasteiger partial charge in [-0.3, -0.25) is 0 Å². The molecular weight excluding hydrogens is 403 g/mol. The summed E-state index contributed by atoms with van der Waals surface area (Å²) in [5, 5.41) is 3.73. The Bertz CT molecular complexity index is 1020. The number of carbonyl (C=O) groups is 1. The van der Waals surface area contributed by atoms with Crippen LogP contribution in [0.2, 0.25) is 0 Å². The maximum Gasteiger partial charge on any atom is 0.342 e. The summed E-state index contributed by atoms with van der Waals surface area (Å²) in [5.41, 5.74) is 0.501. The van der Waals surface area contributed by atoms with Gasteiger partial charge < -0.3 is 9.15 Å². The quantitative estimate of drug-likeness (QED) is 0.294. The van der Waals surface area contributed by atoms with Crippen molar-refractivity contribution in [3.05, 3.63) is 115 Å².